The van der Waals surface area contributed by atoms with Crippen molar-refractivity contribution in [1.82, 2.24) is 9.88 Å². The van der Waals surface area contributed by atoms with E-state index >= 15 is 0 Å². The van der Waals surface area contributed by atoms with Gasteiger partial charge in [-0.25, -0.2) is 4.98 Å². The average molecular weight is 411 g/mol. The number of para-hydroxylation sites is 1. The van der Waals surface area contributed by atoms with E-state index in [-0.39, 0.29) is 17.8 Å². The van der Waals surface area contributed by atoms with Gasteiger partial charge in [-0.15, -0.1) is 0 Å². The maximum absolute atomic E-state index is 12.8. The number of carbonyl (C=O) groups is 2. The normalized spacial score (nSPS) is 18.9. The summed E-state index contributed by atoms with van der Waals surface area (Å²) in [5.74, 6) is 1.95. The SMILES string of the molecule is O=C(c1ccc(N2CCOCC2)nc1)N1CC2(COc3ccccc3C2)C1.O=CO. The van der Waals surface area contributed by atoms with Gasteiger partial charge in [0, 0.05) is 37.8 Å². The lowest BCUT2D eigenvalue weighted by Crippen LogP contribution is -2.62. The zero-order valence-electron chi connectivity index (χ0n) is 16.7. The van der Waals surface area contributed by atoms with E-state index in [1.165, 1.54) is 5.56 Å². The topological polar surface area (TPSA) is 92.2 Å². The fraction of sp³-hybridized carbons (Fsp3) is 0.409. The highest BCUT2D eigenvalue weighted by Crippen LogP contribution is 2.41. The van der Waals surface area contributed by atoms with Gasteiger partial charge in [0.05, 0.1) is 25.4 Å². The Morgan fingerprint density at radius 1 is 1.13 bits per heavy atom. The van der Waals surface area contributed by atoms with Crippen LogP contribution in [0, 0.1) is 5.41 Å². The summed E-state index contributed by atoms with van der Waals surface area (Å²) < 4.78 is 11.3. The summed E-state index contributed by atoms with van der Waals surface area (Å²) in [6.07, 6.45) is 2.67. The Hall–Kier alpha value is -3.13. The molecule has 3 aliphatic heterocycles. The van der Waals surface area contributed by atoms with Crippen LogP contribution in [-0.2, 0) is 16.0 Å². The van der Waals surface area contributed by atoms with Crippen molar-refractivity contribution in [2.24, 2.45) is 5.41 Å². The van der Waals surface area contributed by atoms with Gasteiger partial charge in [0.1, 0.15) is 11.6 Å². The molecule has 1 amide bonds. The first-order valence-corrected chi connectivity index (χ1v) is 10.0. The van der Waals surface area contributed by atoms with Gasteiger partial charge >= 0.3 is 0 Å². The van der Waals surface area contributed by atoms with Gasteiger partial charge in [-0.05, 0) is 30.2 Å². The van der Waals surface area contributed by atoms with Gasteiger partial charge in [0.25, 0.3) is 12.4 Å². The summed E-state index contributed by atoms with van der Waals surface area (Å²) in [5.41, 5.74) is 1.96. The van der Waals surface area contributed by atoms with Gasteiger partial charge in [-0.1, -0.05) is 18.2 Å². The number of ether oxygens (including phenoxy) is 2. The quantitative estimate of drug-likeness (QED) is 0.752. The molecule has 1 N–H and O–H groups in total. The Kier molecular flexibility index (Phi) is 5.85. The van der Waals surface area contributed by atoms with Crippen molar-refractivity contribution >= 4 is 18.2 Å². The summed E-state index contributed by atoms with van der Waals surface area (Å²) in [4.78, 5) is 29.7. The van der Waals surface area contributed by atoms with Crippen molar-refractivity contribution < 1.29 is 24.2 Å². The Morgan fingerprint density at radius 3 is 2.57 bits per heavy atom. The Bertz CT molecular complexity index is 890. The van der Waals surface area contributed by atoms with E-state index in [1.807, 2.05) is 35.2 Å². The molecule has 1 aromatic heterocycles. The number of rotatable bonds is 2. The van der Waals surface area contributed by atoms with Crippen LogP contribution in [-0.4, -0.2) is 73.4 Å². The van der Waals surface area contributed by atoms with Gasteiger partial charge in [0.15, 0.2) is 0 Å². The number of carboxylic acid groups (broad SMARTS) is 1. The minimum atomic E-state index is -0.250. The van der Waals surface area contributed by atoms with Gasteiger partial charge in [0.2, 0.25) is 0 Å². The molecule has 3 aliphatic rings. The summed E-state index contributed by atoms with van der Waals surface area (Å²) in [7, 11) is 0. The smallest absolute Gasteiger partial charge is 0.290 e. The summed E-state index contributed by atoms with van der Waals surface area (Å²) in [5, 5.41) is 6.89. The standard InChI is InChI=1S/C21H23N3O3.CH2O2/c25-20(17-5-6-19(22-12-17)23-7-9-26-10-8-23)24-13-21(14-24)11-16-3-1-2-4-18(16)27-15-21;2-1-3/h1-6,12H,7-11,13-15H2;1H,(H,2,3). The van der Waals surface area contributed by atoms with Crippen molar-refractivity contribution in [3.63, 3.8) is 0 Å². The Balaban J connectivity index is 0.000000687. The molecule has 1 aromatic carbocycles. The second-order valence-corrected chi connectivity index (χ2v) is 7.84. The monoisotopic (exact) mass is 411 g/mol. The van der Waals surface area contributed by atoms with E-state index in [0.29, 0.717) is 12.2 Å². The van der Waals surface area contributed by atoms with Crippen LogP contribution in [0.4, 0.5) is 5.82 Å². The number of fused-ring (bicyclic) bond motifs is 1. The first kappa shape index (κ1) is 20.2. The summed E-state index contributed by atoms with van der Waals surface area (Å²) in [6.45, 7) is 5.05. The molecule has 158 valence electrons. The lowest BCUT2D eigenvalue weighted by Gasteiger charge is -2.51. The van der Waals surface area contributed by atoms with Crippen LogP contribution in [0.5, 0.6) is 5.75 Å². The van der Waals surface area contributed by atoms with E-state index in [2.05, 4.69) is 16.0 Å². The number of hydrogen-bond acceptors (Lipinski definition) is 6. The minimum Gasteiger partial charge on any atom is -0.493 e. The summed E-state index contributed by atoms with van der Waals surface area (Å²) >= 11 is 0. The molecule has 0 radical (unpaired) electrons. The number of aromatic nitrogens is 1. The predicted octanol–water partition coefficient (Wildman–Crippen LogP) is 1.70. The molecule has 8 nitrogen and oxygen atoms in total. The van der Waals surface area contributed by atoms with Crippen molar-refractivity contribution in [2.75, 3.05) is 50.9 Å². The van der Waals surface area contributed by atoms with Crippen LogP contribution in [0.3, 0.4) is 0 Å². The Morgan fingerprint density at radius 2 is 1.87 bits per heavy atom. The lowest BCUT2D eigenvalue weighted by molar-refractivity contribution is -0.122. The number of hydrogen-bond donors (Lipinski definition) is 1. The number of likely N-dealkylation sites (tertiary alicyclic amines) is 1. The molecule has 5 rings (SSSR count). The molecule has 30 heavy (non-hydrogen) atoms. The number of carbonyl (C=O) groups excluding carboxylic acids is 1. The zero-order chi connectivity index (χ0) is 21.0. The fourth-order valence-electron chi connectivity index (χ4n) is 4.26. The number of amides is 1. The molecular weight excluding hydrogens is 386 g/mol. The first-order valence-electron chi connectivity index (χ1n) is 10.0. The molecule has 0 aliphatic carbocycles. The Labute approximate surface area is 175 Å². The minimum absolute atomic E-state index is 0.0560. The fourth-order valence-corrected chi connectivity index (χ4v) is 4.26. The van der Waals surface area contributed by atoms with Crippen LogP contribution >= 0.6 is 0 Å². The van der Waals surface area contributed by atoms with E-state index in [0.717, 1.165) is 57.4 Å². The molecule has 0 unspecified atom stereocenters. The van der Waals surface area contributed by atoms with E-state index in [9.17, 15) is 4.79 Å². The third-order valence-corrected chi connectivity index (χ3v) is 5.74. The highest BCUT2D eigenvalue weighted by Gasteiger charge is 2.48. The molecule has 2 saturated heterocycles. The van der Waals surface area contributed by atoms with Crippen LogP contribution in [0.1, 0.15) is 15.9 Å². The highest BCUT2D eigenvalue weighted by molar-refractivity contribution is 5.94. The second kappa shape index (κ2) is 8.71. The number of pyridine rings is 1. The van der Waals surface area contributed by atoms with Crippen molar-refractivity contribution in [1.29, 1.82) is 0 Å². The summed E-state index contributed by atoms with van der Waals surface area (Å²) in [6, 6.07) is 12.0. The average Bonchev–Trinajstić information content (AvgIpc) is 2.78. The third kappa shape index (κ3) is 4.09. The number of anilines is 1. The van der Waals surface area contributed by atoms with Crippen LogP contribution in [0.25, 0.3) is 0 Å². The van der Waals surface area contributed by atoms with Crippen LogP contribution < -0.4 is 9.64 Å². The molecule has 0 saturated carbocycles. The van der Waals surface area contributed by atoms with E-state index in [1.54, 1.807) is 6.20 Å². The van der Waals surface area contributed by atoms with Crippen LogP contribution in [0.2, 0.25) is 0 Å². The maximum Gasteiger partial charge on any atom is 0.290 e. The number of benzene rings is 1. The molecule has 0 atom stereocenters. The third-order valence-electron chi connectivity index (χ3n) is 5.74. The first-order chi connectivity index (χ1) is 14.6. The maximum atomic E-state index is 12.8. The van der Waals surface area contributed by atoms with Crippen molar-refractivity contribution in [3.8, 4) is 5.75 Å². The van der Waals surface area contributed by atoms with Crippen molar-refractivity contribution in [3.05, 3.63) is 53.7 Å². The molecule has 2 fully saturated rings. The molecule has 8 heteroatoms. The molecular formula is C22H25N3O5. The highest BCUT2D eigenvalue weighted by atomic mass is 16.5. The van der Waals surface area contributed by atoms with E-state index in [4.69, 9.17) is 19.4 Å². The van der Waals surface area contributed by atoms with E-state index < -0.39 is 0 Å². The van der Waals surface area contributed by atoms with Gasteiger partial charge in [-0.2, -0.15) is 0 Å². The van der Waals surface area contributed by atoms with Crippen molar-refractivity contribution in [2.45, 2.75) is 6.42 Å². The molecule has 4 heterocycles. The van der Waals surface area contributed by atoms with Gasteiger partial charge < -0.3 is 24.4 Å². The zero-order valence-corrected chi connectivity index (χ0v) is 16.7. The predicted molar refractivity (Wildman–Crippen MR) is 110 cm³/mol. The molecule has 2 aromatic rings. The lowest BCUT2D eigenvalue weighted by atomic mass is 9.73. The second-order valence-electron chi connectivity index (χ2n) is 7.84. The van der Waals surface area contributed by atoms with Gasteiger partial charge in [-0.3, -0.25) is 9.59 Å². The molecule has 0 bridgehead atoms. The number of morpholine rings is 1. The van der Waals surface area contributed by atoms with Crippen LogP contribution in [0.15, 0.2) is 42.6 Å². The largest absolute Gasteiger partial charge is 0.493 e. The number of nitrogens with zero attached hydrogens (tertiary/aromatic N) is 3. The molecule has 1 spiro atoms.